The first-order chi connectivity index (χ1) is 9.70. The Morgan fingerprint density at radius 1 is 1.14 bits per heavy atom. The number of rotatable bonds is 4. The summed E-state index contributed by atoms with van der Waals surface area (Å²) in [6, 6.07) is 4.24. The molecule has 0 aliphatic carbocycles. The number of hydrogen-bond acceptors (Lipinski definition) is 3. The zero-order valence-corrected chi connectivity index (χ0v) is 14.2. The molecule has 0 amide bonds. The number of benzene rings is 1. The second-order valence-electron chi connectivity index (χ2n) is 4.67. The molecule has 21 heavy (non-hydrogen) atoms. The summed E-state index contributed by atoms with van der Waals surface area (Å²) in [6.07, 6.45) is 0. The van der Waals surface area contributed by atoms with E-state index in [-0.39, 0.29) is 31.7 Å². The van der Waals surface area contributed by atoms with E-state index in [1.54, 1.807) is 6.07 Å². The molecule has 0 radical (unpaired) electrons. The Bertz CT molecular complexity index is 749. The van der Waals surface area contributed by atoms with Crippen molar-refractivity contribution in [2.45, 2.75) is 24.7 Å². The SMILES string of the molecule is CC(C)c1cc(NS(=O)(=O)c2c(Cl)cc(Cl)cc2Cl)n[nH]1. The number of aromatic nitrogens is 2. The van der Waals surface area contributed by atoms with Crippen LogP contribution in [0.5, 0.6) is 0 Å². The normalized spacial score (nSPS) is 11.9. The number of anilines is 1. The predicted octanol–water partition coefficient (Wildman–Crippen LogP) is 4.29. The summed E-state index contributed by atoms with van der Waals surface area (Å²) in [5.41, 5.74) is 0.806. The Morgan fingerprint density at radius 3 is 2.19 bits per heavy atom. The smallest absolute Gasteiger partial charge is 0.266 e. The van der Waals surface area contributed by atoms with Gasteiger partial charge in [0.15, 0.2) is 5.82 Å². The molecule has 2 aromatic rings. The lowest BCUT2D eigenvalue weighted by atomic mass is 10.1. The molecule has 0 unspecified atom stereocenters. The van der Waals surface area contributed by atoms with Gasteiger partial charge in [-0.25, -0.2) is 8.42 Å². The molecule has 5 nitrogen and oxygen atoms in total. The standard InChI is InChI=1S/C12H12Cl3N3O2S/c1-6(2)10-5-11(17-16-10)18-21(19,20)12-8(14)3-7(13)4-9(12)15/h3-6H,1-2H3,(H2,16,17,18). The molecule has 0 aliphatic rings. The predicted molar refractivity (Wildman–Crippen MR) is 85.0 cm³/mol. The van der Waals surface area contributed by atoms with Crippen molar-refractivity contribution in [3.63, 3.8) is 0 Å². The van der Waals surface area contributed by atoms with Crippen molar-refractivity contribution >= 4 is 50.6 Å². The van der Waals surface area contributed by atoms with Crippen LogP contribution in [0.4, 0.5) is 5.82 Å². The molecule has 0 saturated carbocycles. The van der Waals surface area contributed by atoms with Crippen molar-refractivity contribution in [1.82, 2.24) is 10.2 Å². The van der Waals surface area contributed by atoms with Gasteiger partial charge in [-0.3, -0.25) is 9.82 Å². The van der Waals surface area contributed by atoms with Gasteiger partial charge in [-0.1, -0.05) is 48.7 Å². The summed E-state index contributed by atoms with van der Waals surface area (Å²) >= 11 is 17.6. The van der Waals surface area contributed by atoms with Crippen LogP contribution in [0.3, 0.4) is 0 Å². The number of nitrogens with zero attached hydrogens (tertiary/aromatic N) is 1. The van der Waals surface area contributed by atoms with E-state index in [4.69, 9.17) is 34.8 Å². The Morgan fingerprint density at radius 2 is 1.71 bits per heavy atom. The van der Waals surface area contributed by atoms with Gasteiger partial charge in [0.25, 0.3) is 10.0 Å². The minimum atomic E-state index is -3.96. The molecule has 0 aliphatic heterocycles. The molecule has 9 heteroatoms. The summed E-state index contributed by atoms with van der Waals surface area (Å²) in [5, 5.41) is 6.79. The van der Waals surface area contributed by atoms with Crippen LogP contribution in [-0.2, 0) is 10.0 Å². The Hall–Kier alpha value is -0.950. The van der Waals surface area contributed by atoms with Crippen molar-refractivity contribution in [2.24, 2.45) is 0 Å². The van der Waals surface area contributed by atoms with Crippen molar-refractivity contribution in [1.29, 1.82) is 0 Å². The van der Waals surface area contributed by atoms with Crippen LogP contribution < -0.4 is 4.72 Å². The number of sulfonamides is 1. The van der Waals surface area contributed by atoms with E-state index in [1.165, 1.54) is 12.1 Å². The van der Waals surface area contributed by atoms with E-state index in [1.807, 2.05) is 13.8 Å². The van der Waals surface area contributed by atoms with Gasteiger partial charge in [0.2, 0.25) is 0 Å². The van der Waals surface area contributed by atoms with Gasteiger partial charge in [0.05, 0.1) is 10.0 Å². The molecule has 1 aromatic carbocycles. The average Bonchev–Trinajstić information content (AvgIpc) is 2.74. The first kappa shape index (κ1) is 16.4. The van der Waals surface area contributed by atoms with Crippen LogP contribution >= 0.6 is 34.8 Å². The molecule has 0 atom stereocenters. The van der Waals surface area contributed by atoms with Gasteiger partial charge in [0.1, 0.15) is 4.90 Å². The van der Waals surface area contributed by atoms with Crippen molar-refractivity contribution in [3.05, 3.63) is 39.0 Å². The van der Waals surface area contributed by atoms with Crippen LogP contribution in [0.25, 0.3) is 0 Å². The van der Waals surface area contributed by atoms with Gasteiger partial charge in [0, 0.05) is 16.8 Å². The van der Waals surface area contributed by atoms with Crippen LogP contribution in [0.15, 0.2) is 23.1 Å². The summed E-state index contributed by atoms with van der Waals surface area (Å²) < 4.78 is 27.0. The minimum absolute atomic E-state index is 0.0559. The zero-order valence-electron chi connectivity index (χ0n) is 11.1. The molecule has 0 fully saturated rings. The first-order valence-corrected chi connectivity index (χ1v) is 8.55. The van der Waals surface area contributed by atoms with E-state index in [9.17, 15) is 8.42 Å². The maximum atomic E-state index is 12.4. The third kappa shape index (κ3) is 3.63. The fourth-order valence-corrected chi connectivity index (χ4v) is 4.20. The molecule has 114 valence electrons. The van der Waals surface area contributed by atoms with Crippen molar-refractivity contribution in [2.75, 3.05) is 4.72 Å². The summed E-state index contributed by atoms with van der Waals surface area (Å²) in [5.74, 6) is 0.360. The molecule has 0 saturated heterocycles. The molecule has 2 rings (SSSR count). The lowest BCUT2D eigenvalue weighted by molar-refractivity contribution is 0.601. The highest BCUT2D eigenvalue weighted by Crippen LogP contribution is 2.33. The number of nitrogens with one attached hydrogen (secondary N) is 2. The van der Waals surface area contributed by atoms with E-state index >= 15 is 0 Å². The molecular weight excluding hydrogens is 357 g/mol. The molecular formula is C12H12Cl3N3O2S. The maximum Gasteiger partial charge on any atom is 0.266 e. The quantitative estimate of drug-likeness (QED) is 0.845. The van der Waals surface area contributed by atoms with E-state index in [0.29, 0.717) is 0 Å². The fraction of sp³-hybridized carbons (Fsp3) is 0.250. The topological polar surface area (TPSA) is 74.8 Å². The minimum Gasteiger partial charge on any atom is -0.280 e. The van der Waals surface area contributed by atoms with Gasteiger partial charge in [-0.05, 0) is 18.1 Å². The maximum absolute atomic E-state index is 12.4. The largest absolute Gasteiger partial charge is 0.280 e. The van der Waals surface area contributed by atoms with Crippen molar-refractivity contribution in [3.8, 4) is 0 Å². The van der Waals surface area contributed by atoms with Crippen LogP contribution in [0.2, 0.25) is 15.1 Å². The van der Waals surface area contributed by atoms with Crippen LogP contribution in [0.1, 0.15) is 25.5 Å². The number of hydrogen-bond donors (Lipinski definition) is 2. The second kappa shape index (κ2) is 6.04. The Kier molecular flexibility index (Phi) is 4.72. The molecule has 1 aromatic heterocycles. The van der Waals surface area contributed by atoms with Crippen LogP contribution in [0, 0.1) is 0 Å². The van der Waals surface area contributed by atoms with E-state index < -0.39 is 10.0 Å². The highest BCUT2D eigenvalue weighted by molar-refractivity contribution is 7.93. The summed E-state index contributed by atoms with van der Waals surface area (Å²) in [7, 11) is -3.96. The van der Waals surface area contributed by atoms with Gasteiger partial charge in [-0.15, -0.1) is 0 Å². The van der Waals surface area contributed by atoms with E-state index in [2.05, 4.69) is 14.9 Å². The monoisotopic (exact) mass is 367 g/mol. The third-order valence-electron chi connectivity index (χ3n) is 2.69. The summed E-state index contributed by atoms with van der Waals surface area (Å²) in [6.45, 7) is 3.91. The lowest BCUT2D eigenvalue weighted by Gasteiger charge is -2.09. The highest BCUT2D eigenvalue weighted by atomic mass is 35.5. The molecule has 1 heterocycles. The van der Waals surface area contributed by atoms with Crippen LogP contribution in [-0.4, -0.2) is 18.6 Å². The number of halogens is 3. The van der Waals surface area contributed by atoms with Gasteiger partial charge >= 0.3 is 0 Å². The number of H-pyrrole nitrogens is 1. The molecule has 2 N–H and O–H groups in total. The Labute approximate surface area is 137 Å². The van der Waals surface area contributed by atoms with Gasteiger partial charge < -0.3 is 0 Å². The third-order valence-corrected chi connectivity index (χ3v) is 5.18. The summed E-state index contributed by atoms with van der Waals surface area (Å²) in [4.78, 5) is -0.232. The first-order valence-electron chi connectivity index (χ1n) is 5.93. The Balaban J connectivity index is 2.38. The number of aromatic amines is 1. The highest BCUT2D eigenvalue weighted by Gasteiger charge is 2.23. The second-order valence-corrected chi connectivity index (χ2v) is 7.54. The fourth-order valence-electron chi connectivity index (χ4n) is 1.66. The van der Waals surface area contributed by atoms with Crippen molar-refractivity contribution < 1.29 is 8.42 Å². The lowest BCUT2D eigenvalue weighted by Crippen LogP contribution is -2.14. The van der Waals surface area contributed by atoms with E-state index in [0.717, 1.165) is 5.69 Å². The molecule has 0 bridgehead atoms. The average molecular weight is 369 g/mol. The molecule has 0 spiro atoms. The zero-order chi connectivity index (χ0) is 15.8. The van der Waals surface area contributed by atoms with Gasteiger partial charge in [-0.2, -0.15) is 5.10 Å².